The van der Waals surface area contributed by atoms with E-state index in [4.69, 9.17) is 4.74 Å². The van der Waals surface area contributed by atoms with E-state index in [0.717, 1.165) is 31.0 Å². The molecular weight excluding hydrogens is 450 g/mol. The highest BCUT2D eigenvalue weighted by Gasteiger charge is 2.38. The molecule has 36 heavy (non-hydrogen) atoms. The van der Waals surface area contributed by atoms with Gasteiger partial charge in [-0.2, -0.15) is 0 Å². The summed E-state index contributed by atoms with van der Waals surface area (Å²) in [5.41, 5.74) is 5.56. The lowest BCUT2D eigenvalue weighted by Gasteiger charge is -2.25. The highest BCUT2D eigenvalue weighted by molar-refractivity contribution is 5.86. The molecule has 3 aliphatic rings. The number of hydrogen-bond acceptors (Lipinski definition) is 4. The molecule has 6 nitrogen and oxygen atoms in total. The number of benzene rings is 3. The Kier molecular flexibility index (Phi) is 6.09. The molecule has 1 saturated carbocycles. The van der Waals surface area contributed by atoms with Crippen LogP contribution in [0.15, 0.2) is 78.9 Å². The van der Waals surface area contributed by atoms with Gasteiger partial charge in [-0.05, 0) is 79.1 Å². The molecular formula is C30H31N3O3. The minimum Gasteiger partial charge on any atom is -0.444 e. The monoisotopic (exact) mass is 481 g/mol. The predicted molar refractivity (Wildman–Crippen MR) is 140 cm³/mol. The molecule has 3 aromatic rings. The van der Waals surface area contributed by atoms with E-state index >= 15 is 0 Å². The summed E-state index contributed by atoms with van der Waals surface area (Å²) in [5, 5.41) is 2.83. The largest absolute Gasteiger partial charge is 0.444 e. The van der Waals surface area contributed by atoms with Crippen molar-refractivity contribution in [1.29, 1.82) is 0 Å². The molecule has 1 heterocycles. The molecule has 1 aliphatic heterocycles. The summed E-state index contributed by atoms with van der Waals surface area (Å²) < 4.78 is 5.64. The standard InChI is InChI=1S/C30H31N3O3/c34-29-18-28(20-33(29)27-16-22-6-4-5-7-23(22)17-27)36-30(35)31-24-12-14-26(15-13-24)32(19-21-10-11-21)25-8-2-1-3-9-25/h1-9,12-15,21,27-28H,10-11,16-20H2,(H,31,35). The summed E-state index contributed by atoms with van der Waals surface area (Å²) in [4.78, 5) is 29.5. The van der Waals surface area contributed by atoms with Crippen molar-refractivity contribution in [1.82, 2.24) is 4.90 Å². The zero-order valence-corrected chi connectivity index (χ0v) is 20.3. The average molecular weight is 482 g/mol. The van der Waals surface area contributed by atoms with E-state index in [1.165, 1.54) is 29.7 Å². The quantitative estimate of drug-likeness (QED) is 0.481. The van der Waals surface area contributed by atoms with Crippen LogP contribution in [0, 0.1) is 5.92 Å². The summed E-state index contributed by atoms with van der Waals surface area (Å²) in [6.07, 6.45) is 3.60. The fourth-order valence-corrected chi connectivity index (χ4v) is 5.44. The molecule has 2 fully saturated rings. The highest BCUT2D eigenvalue weighted by Crippen LogP contribution is 2.35. The molecule has 3 aromatic carbocycles. The van der Waals surface area contributed by atoms with Gasteiger partial charge in [-0.15, -0.1) is 0 Å². The van der Waals surface area contributed by atoms with Gasteiger partial charge in [-0.25, -0.2) is 4.79 Å². The Morgan fingerprint density at radius 2 is 1.50 bits per heavy atom. The minimum absolute atomic E-state index is 0.0617. The Balaban J connectivity index is 1.05. The van der Waals surface area contributed by atoms with Crippen molar-refractivity contribution in [2.24, 2.45) is 5.92 Å². The second-order valence-corrected chi connectivity index (χ2v) is 10.2. The average Bonchev–Trinajstić information content (AvgIpc) is 3.50. The summed E-state index contributed by atoms with van der Waals surface area (Å²) in [6.45, 7) is 1.45. The molecule has 0 bridgehead atoms. The van der Waals surface area contributed by atoms with Crippen LogP contribution in [0.4, 0.5) is 21.9 Å². The van der Waals surface area contributed by atoms with Gasteiger partial charge in [0.1, 0.15) is 6.10 Å². The zero-order valence-electron chi connectivity index (χ0n) is 20.3. The number of carbonyl (C=O) groups excluding carboxylic acids is 2. The van der Waals surface area contributed by atoms with Crippen molar-refractivity contribution in [3.63, 3.8) is 0 Å². The third-order valence-corrected chi connectivity index (χ3v) is 7.50. The third kappa shape index (κ3) is 4.94. The van der Waals surface area contributed by atoms with Gasteiger partial charge in [-0.3, -0.25) is 10.1 Å². The van der Waals surface area contributed by atoms with Crippen molar-refractivity contribution in [3.05, 3.63) is 90.0 Å². The van der Waals surface area contributed by atoms with E-state index in [1.54, 1.807) is 0 Å². The Labute approximate surface area is 211 Å². The highest BCUT2D eigenvalue weighted by atomic mass is 16.6. The van der Waals surface area contributed by atoms with Gasteiger partial charge in [0.25, 0.3) is 0 Å². The van der Waals surface area contributed by atoms with E-state index in [2.05, 4.69) is 46.6 Å². The molecule has 184 valence electrons. The molecule has 2 aliphatic carbocycles. The first-order valence-corrected chi connectivity index (χ1v) is 12.9. The van der Waals surface area contributed by atoms with Crippen molar-refractivity contribution >= 4 is 29.1 Å². The Bertz CT molecular complexity index is 1210. The van der Waals surface area contributed by atoms with Crippen LogP contribution in [0.5, 0.6) is 0 Å². The molecule has 1 N–H and O–H groups in total. The molecule has 0 aromatic heterocycles. The van der Waals surface area contributed by atoms with Crippen LogP contribution in [0.2, 0.25) is 0 Å². The fourth-order valence-electron chi connectivity index (χ4n) is 5.44. The van der Waals surface area contributed by atoms with E-state index in [1.807, 2.05) is 47.4 Å². The van der Waals surface area contributed by atoms with Crippen molar-refractivity contribution < 1.29 is 14.3 Å². The molecule has 1 atom stereocenters. The molecule has 6 rings (SSSR count). The van der Waals surface area contributed by atoms with Gasteiger partial charge < -0.3 is 14.5 Å². The van der Waals surface area contributed by atoms with E-state index in [0.29, 0.717) is 12.2 Å². The Morgan fingerprint density at radius 1 is 0.861 bits per heavy atom. The summed E-state index contributed by atoms with van der Waals surface area (Å²) in [7, 11) is 0. The van der Waals surface area contributed by atoms with Crippen LogP contribution >= 0.6 is 0 Å². The number of para-hydroxylation sites is 1. The topological polar surface area (TPSA) is 61.9 Å². The lowest BCUT2D eigenvalue weighted by molar-refractivity contribution is -0.129. The lowest BCUT2D eigenvalue weighted by Crippen LogP contribution is -2.38. The van der Waals surface area contributed by atoms with Crippen LogP contribution in [0.25, 0.3) is 0 Å². The number of nitrogens with zero attached hydrogens (tertiary/aromatic N) is 2. The zero-order chi connectivity index (χ0) is 24.5. The molecule has 2 amide bonds. The number of ether oxygens (including phenoxy) is 1. The maximum atomic E-state index is 12.7. The van der Waals surface area contributed by atoms with Gasteiger partial charge in [-0.1, -0.05) is 42.5 Å². The summed E-state index contributed by atoms with van der Waals surface area (Å²) >= 11 is 0. The van der Waals surface area contributed by atoms with Gasteiger partial charge in [0.15, 0.2) is 0 Å². The number of likely N-dealkylation sites (tertiary alicyclic amines) is 1. The smallest absolute Gasteiger partial charge is 0.411 e. The Morgan fingerprint density at radius 3 is 2.17 bits per heavy atom. The number of amides is 2. The molecule has 1 unspecified atom stereocenters. The first-order chi connectivity index (χ1) is 17.6. The van der Waals surface area contributed by atoms with Gasteiger partial charge in [0.2, 0.25) is 5.91 Å². The van der Waals surface area contributed by atoms with Crippen LogP contribution in [0.1, 0.15) is 30.4 Å². The second kappa shape index (κ2) is 9.69. The summed E-state index contributed by atoms with van der Waals surface area (Å²) in [5.74, 6) is 0.802. The number of rotatable bonds is 7. The molecule has 0 radical (unpaired) electrons. The first kappa shape index (κ1) is 22.7. The predicted octanol–water partition coefficient (Wildman–Crippen LogP) is 5.55. The maximum Gasteiger partial charge on any atom is 0.411 e. The van der Waals surface area contributed by atoms with Crippen LogP contribution < -0.4 is 10.2 Å². The SMILES string of the molecule is O=C(Nc1ccc(N(CC2CC2)c2ccccc2)cc1)OC1CC(=O)N(C2Cc3ccccc3C2)C1. The fraction of sp³-hybridized carbons (Fsp3) is 0.333. The number of hydrogen-bond donors (Lipinski definition) is 1. The summed E-state index contributed by atoms with van der Waals surface area (Å²) in [6, 6.07) is 26.8. The van der Waals surface area contributed by atoms with Gasteiger partial charge in [0.05, 0.1) is 13.0 Å². The maximum absolute atomic E-state index is 12.7. The normalized spacial score (nSPS) is 19.3. The lowest BCUT2D eigenvalue weighted by atomic mass is 10.1. The van der Waals surface area contributed by atoms with Crippen molar-refractivity contribution in [3.8, 4) is 0 Å². The van der Waals surface area contributed by atoms with Gasteiger partial charge >= 0.3 is 6.09 Å². The van der Waals surface area contributed by atoms with Crippen LogP contribution in [-0.2, 0) is 22.4 Å². The van der Waals surface area contributed by atoms with E-state index in [9.17, 15) is 9.59 Å². The van der Waals surface area contributed by atoms with E-state index < -0.39 is 12.2 Å². The number of nitrogens with one attached hydrogen (secondary N) is 1. The second-order valence-electron chi connectivity index (χ2n) is 10.2. The molecule has 6 heteroatoms. The third-order valence-electron chi connectivity index (χ3n) is 7.50. The number of carbonyl (C=O) groups is 2. The van der Waals surface area contributed by atoms with E-state index in [-0.39, 0.29) is 18.4 Å². The minimum atomic E-state index is -0.519. The Hall–Kier alpha value is -3.80. The van der Waals surface area contributed by atoms with Crippen molar-refractivity contribution in [2.75, 3.05) is 23.3 Å². The molecule has 0 spiro atoms. The van der Waals surface area contributed by atoms with Gasteiger partial charge in [0, 0.05) is 29.6 Å². The number of anilines is 3. The van der Waals surface area contributed by atoms with Crippen LogP contribution in [-0.4, -0.2) is 42.1 Å². The number of fused-ring (bicyclic) bond motifs is 1. The van der Waals surface area contributed by atoms with Crippen LogP contribution in [0.3, 0.4) is 0 Å². The molecule has 1 saturated heterocycles. The first-order valence-electron chi connectivity index (χ1n) is 12.9. The van der Waals surface area contributed by atoms with Crippen molar-refractivity contribution in [2.45, 2.75) is 44.2 Å².